The Morgan fingerprint density at radius 3 is 2.12 bits per heavy atom. The van der Waals surface area contributed by atoms with E-state index in [1.54, 1.807) is 0 Å². The van der Waals surface area contributed by atoms with Gasteiger partial charge in [-0.2, -0.15) is 0 Å². The molecule has 0 radical (unpaired) electrons. The van der Waals surface area contributed by atoms with E-state index in [0.29, 0.717) is 29.3 Å². The molecular formula is C39H58N2O2. The normalized spacial score (nSPS) is 35.6. The van der Waals surface area contributed by atoms with Crippen molar-refractivity contribution in [2.24, 2.45) is 52.3 Å². The maximum absolute atomic E-state index is 6.88. The summed E-state index contributed by atoms with van der Waals surface area (Å²) >= 11 is 0. The first-order valence-electron chi connectivity index (χ1n) is 17.7. The minimum atomic E-state index is 0.187. The van der Waals surface area contributed by atoms with E-state index in [-0.39, 0.29) is 6.10 Å². The number of anilines is 2. The Hall–Kier alpha value is -2.36. The van der Waals surface area contributed by atoms with Gasteiger partial charge in [-0.15, -0.1) is 0 Å². The highest BCUT2D eigenvalue weighted by Gasteiger charge is 2.60. The largest absolute Gasteiger partial charge is 0.493 e. The van der Waals surface area contributed by atoms with Crippen molar-refractivity contribution in [3.05, 3.63) is 48.5 Å². The summed E-state index contributed by atoms with van der Waals surface area (Å²) in [6, 6.07) is 15.8. The summed E-state index contributed by atoms with van der Waals surface area (Å²) in [7, 11) is 0. The molecule has 3 unspecified atom stereocenters. The zero-order valence-corrected chi connectivity index (χ0v) is 27.4. The van der Waals surface area contributed by atoms with Gasteiger partial charge >= 0.3 is 0 Å². The van der Waals surface area contributed by atoms with E-state index in [0.717, 1.165) is 65.3 Å². The summed E-state index contributed by atoms with van der Waals surface area (Å²) in [5.41, 5.74) is 14.5. The number of benzene rings is 2. The van der Waals surface area contributed by atoms with E-state index in [4.69, 9.17) is 20.9 Å². The van der Waals surface area contributed by atoms with Crippen LogP contribution in [0.15, 0.2) is 48.5 Å². The highest BCUT2D eigenvalue weighted by molar-refractivity contribution is 5.42. The van der Waals surface area contributed by atoms with E-state index in [1.165, 1.54) is 64.2 Å². The Morgan fingerprint density at radius 2 is 1.40 bits per heavy atom. The number of ether oxygens (including phenoxy) is 2. The molecule has 236 valence electrons. The quantitative estimate of drug-likeness (QED) is 0.272. The van der Waals surface area contributed by atoms with Crippen molar-refractivity contribution >= 4 is 11.4 Å². The molecule has 0 saturated heterocycles. The van der Waals surface area contributed by atoms with Gasteiger partial charge in [-0.1, -0.05) is 40.5 Å². The zero-order chi connectivity index (χ0) is 30.2. The van der Waals surface area contributed by atoms with Crippen LogP contribution in [0.2, 0.25) is 0 Å². The van der Waals surface area contributed by atoms with Gasteiger partial charge in [-0.05, 0) is 165 Å². The molecule has 4 saturated carbocycles. The van der Waals surface area contributed by atoms with E-state index >= 15 is 0 Å². The molecule has 10 atom stereocenters. The van der Waals surface area contributed by atoms with E-state index in [9.17, 15) is 0 Å². The molecule has 6 rings (SSSR count). The number of fused-ring (bicyclic) bond motifs is 5. The van der Waals surface area contributed by atoms with Crippen LogP contribution in [-0.4, -0.2) is 12.7 Å². The number of rotatable bonds is 10. The second-order valence-corrected chi connectivity index (χ2v) is 15.8. The van der Waals surface area contributed by atoms with Crippen LogP contribution in [0.1, 0.15) is 105 Å². The maximum Gasteiger partial charge on any atom is 0.119 e. The fourth-order valence-electron chi connectivity index (χ4n) is 10.9. The first-order chi connectivity index (χ1) is 20.7. The lowest BCUT2D eigenvalue weighted by atomic mass is 9.44. The Labute approximate surface area is 261 Å². The van der Waals surface area contributed by atoms with Gasteiger partial charge in [0.05, 0.1) is 6.61 Å². The third kappa shape index (κ3) is 6.14. The molecule has 43 heavy (non-hydrogen) atoms. The zero-order valence-electron chi connectivity index (χ0n) is 27.4. The molecule has 0 heterocycles. The van der Waals surface area contributed by atoms with E-state index < -0.39 is 0 Å². The van der Waals surface area contributed by atoms with Crippen molar-refractivity contribution in [3.8, 4) is 11.5 Å². The van der Waals surface area contributed by atoms with Crippen LogP contribution >= 0.6 is 0 Å². The minimum Gasteiger partial charge on any atom is -0.493 e. The Kier molecular flexibility index (Phi) is 8.96. The van der Waals surface area contributed by atoms with Crippen LogP contribution in [0.4, 0.5) is 11.4 Å². The molecule has 4 nitrogen and oxygen atoms in total. The van der Waals surface area contributed by atoms with Gasteiger partial charge < -0.3 is 20.9 Å². The molecule has 2 aromatic rings. The topological polar surface area (TPSA) is 70.5 Å². The standard InChI is InChI=1S/C39H58N2O2/c1-26(25-42-31-14-10-29(40)11-15-31)8-21-37(43-32-16-12-30(41)13-17-32)27(2)34-19-20-35-33-18-9-28-7-5-6-23-38(28,3)36(33)22-24-39(34,35)4/h10-17,26-28,33-37H,5-9,18-25,40-41H2,1-4H3/t26?,27-,28?,33-,34+,35-,36-,37?,38-,39+/m0/s1. The second-order valence-electron chi connectivity index (χ2n) is 15.8. The van der Waals surface area contributed by atoms with Crippen molar-refractivity contribution in [1.29, 1.82) is 0 Å². The molecule has 0 amide bonds. The smallest absolute Gasteiger partial charge is 0.119 e. The predicted octanol–water partition coefficient (Wildman–Crippen LogP) is 9.78. The lowest BCUT2D eigenvalue weighted by Gasteiger charge is -2.61. The molecule has 0 aromatic heterocycles. The fourth-order valence-corrected chi connectivity index (χ4v) is 10.9. The lowest BCUT2D eigenvalue weighted by molar-refractivity contribution is -0.117. The van der Waals surface area contributed by atoms with Gasteiger partial charge in [-0.3, -0.25) is 0 Å². The number of nitrogens with two attached hydrogens (primary N) is 2. The van der Waals surface area contributed by atoms with Crippen molar-refractivity contribution < 1.29 is 9.47 Å². The predicted molar refractivity (Wildman–Crippen MR) is 179 cm³/mol. The van der Waals surface area contributed by atoms with Gasteiger partial charge in [0.15, 0.2) is 0 Å². The molecule has 0 spiro atoms. The van der Waals surface area contributed by atoms with Crippen molar-refractivity contribution in [1.82, 2.24) is 0 Å². The van der Waals surface area contributed by atoms with Crippen LogP contribution in [0.3, 0.4) is 0 Å². The molecule has 2 aromatic carbocycles. The molecule has 4 aliphatic rings. The summed E-state index contributed by atoms with van der Waals surface area (Å²) in [5, 5.41) is 0. The second kappa shape index (κ2) is 12.6. The number of hydrogen-bond acceptors (Lipinski definition) is 4. The van der Waals surface area contributed by atoms with Gasteiger partial charge in [0.25, 0.3) is 0 Å². The number of hydrogen-bond donors (Lipinski definition) is 2. The molecule has 4 heteroatoms. The summed E-state index contributed by atoms with van der Waals surface area (Å²) in [4.78, 5) is 0. The van der Waals surface area contributed by atoms with Crippen LogP contribution in [0.25, 0.3) is 0 Å². The maximum atomic E-state index is 6.88. The van der Waals surface area contributed by atoms with Crippen LogP contribution < -0.4 is 20.9 Å². The molecule has 4 aliphatic carbocycles. The molecular weight excluding hydrogens is 528 g/mol. The third-order valence-electron chi connectivity index (χ3n) is 13.4. The van der Waals surface area contributed by atoms with Crippen LogP contribution in [0.5, 0.6) is 11.5 Å². The van der Waals surface area contributed by atoms with Crippen LogP contribution in [0, 0.1) is 52.3 Å². The summed E-state index contributed by atoms with van der Waals surface area (Å²) in [6.07, 6.45) is 16.9. The number of nitrogen functional groups attached to an aromatic ring is 2. The van der Waals surface area contributed by atoms with Gasteiger partial charge in [0.1, 0.15) is 17.6 Å². The summed E-state index contributed by atoms with van der Waals surface area (Å²) in [5.74, 6) is 7.29. The molecule has 0 bridgehead atoms. The first-order valence-corrected chi connectivity index (χ1v) is 17.7. The first kappa shape index (κ1) is 30.7. The third-order valence-corrected chi connectivity index (χ3v) is 13.4. The van der Waals surface area contributed by atoms with Gasteiger partial charge in [-0.25, -0.2) is 0 Å². The monoisotopic (exact) mass is 586 g/mol. The van der Waals surface area contributed by atoms with Crippen molar-refractivity contribution in [2.45, 2.75) is 111 Å². The Balaban J connectivity index is 1.15. The summed E-state index contributed by atoms with van der Waals surface area (Å²) < 4.78 is 13.0. The summed E-state index contributed by atoms with van der Waals surface area (Å²) in [6.45, 7) is 10.9. The fraction of sp³-hybridized carbons (Fsp3) is 0.692. The lowest BCUT2D eigenvalue weighted by Crippen LogP contribution is -2.53. The molecule has 0 aliphatic heterocycles. The average molecular weight is 587 g/mol. The highest BCUT2D eigenvalue weighted by Crippen LogP contribution is 2.68. The van der Waals surface area contributed by atoms with Gasteiger partial charge in [0, 0.05) is 11.4 Å². The highest BCUT2D eigenvalue weighted by atomic mass is 16.5. The SMILES string of the molecule is CC(CCC(Oc1ccc(N)cc1)[C@@H](C)[C@H]1CC[C@H]2[C@@H]3CCC4CCCC[C@]4(C)[C@H]3CC[C@]12C)COc1ccc(N)cc1. The molecule has 4 N–H and O–H groups in total. The Bertz CT molecular complexity index is 1200. The average Bonchev–Trinajstić information content (AvgIpc) is 3.36. The Morgan fingerprint density at radius 1 is 0.721 bits per heavy atom. The van der Waals surface area contributed by atoms with E-state index in [1.807, 2.05) is 36.4 Å². The van der Waals surface area contributed by atoms with Crippen LogP contribution in [-0.2, 0) is 0 Å². The van der Waals surface area contributed by atoms with Gasteiger partial charge in [0.2, 0.25) is 0 Å². The van der Waals surface area contributed by atoms with E-state index in [2.05, 4.69) is 39.8 Å². The van der Waals surface area contributed by atoms with Crippen molar-refractivity contribution in [2.75, 3.05) is 18.1 Å². The minimum absolute atomic E-state index is 0.187. The molecule has 4 fully saturated rings. The van der Waals surface area contributed by atoms with Crippen molar-refractivity contribution in [3.63, 3.8) is 0 Å².